The van der Waals surface area contributed by atoms with Crippen molar-refractivity contribution in [2.75, 3.05) is 0 Å². The molecule has 5 nitrogen and oxygen atoms in total. The van der Waals surface area contributed by atoms with Gasteiger partial charge in [0, 0.05) is 19.3 Å². The minimum Gasteiger partial charge on any atom is -0.444 e. The molecule has 0 atom stereocenters. The maximum Gasteiger partial charge on any atom is 0.208 e. The largest absolute Gasteiger partial charge is 0.444 e. The molecule has 0 saturated carbocycles. The lowest BCUT2D eigenvalue weighted by Gasteiger charge is -2.05. The average Bonchev–Trinajstić information content (AvgIpc) is 2.87. The standard InChI is InChI=1S/C12H18N4O/c1-4-16-8-14-6-11(16)5-13-7-12-15-9(2)10(3)17-12/h6,8,13H,4-5,7H2,1-3H3. The molecule has 5 heteroatoms. The number of aryl methyl sites for hydroxylation is 3. The molecule has 0 aromatic carbocycles. The summed E-state index contributed by atoms with van der Waals surface area (Å²) < 4.78 is 7.60. The van der Waals surface area contributed by atoms with Crippen molar-refractivity contribution in [1.82, 2.24) is 19.9 Å². The second-order valence-corrected chi connectivity index (χ2v) is 4.02. The number of oxazole rings is 1. The molecule has 1 N–H and O–H groups in total. The van der Waals surface area contributed by atoms with Gasteiger partial charge in [-0.15, -0.1) is 0 Å². The molecule has 0 saturated heterocycles. The van der Waals surface area contributed by atoms with Gasteiger partial charge in [0.15, 0.2) is 0 Å². The SMILES string of the molecule is CCn1cncc1CNCc1nc(C)c(C)o1. The Morgan fingerprint density at radius 2 is 2.18 bits per heavy atom. The van der Waals surface area contributed by atoms with Gasteiger partial charge in [0.25, 0.3) is 0 Å². The molecule has 0 aliphatic heterocycles. The molecule has 2 aromatic heterocycles. The van der Waals surface area contributed by atoms with E-state index in [0.717, 1.165) is 30.4 Å². The minimum atomic E-state index is 0.642. The van der Waals surface area contributed by atoms with Crippen LogP contribution < -0.4 is 5.32 Å². The Hall–Kier alpha value is -1.62. The lowest BCUT2D eigenvalue weighted by molar-refractivity contribution is 0.446. The summed E-state index contributed by atoms with van der Waals surface area (Å²) in [4.78, 5) is 8.44. The number of rotatable bonds is 5. The van der Waals surface area contributed by atoms with Crippen LogP contribution in [0.1, 0.15) is 30.0 Å². The third-order valence-corrected chi connectivity index (χ3v) is 2.79. The number of imidazole rings is 1. The zero-order chi connectivity index (χ0) is 12.3. The fourth-order valence-corrected chi connectivity index (χ4v) is 1.69. The first kappa shape index (κ1) is 11.9. The highest BCUT2D eigenvalue weighted by molar-refractivity contribution is 5.05. The predicted molar refractivity (Wildman–Crippen MR) is 64.4 cm³/mol. The maximum absolute atomic E-state index is 5.49. The molecule has 2 aromatic rings. The number of hydrogen-bond acceptors (Lipinski definition) is 4. The minimum absolute atomic E-state index is 0.642. The van der Waals surface area contributed by atoms with Gasteiger partial charge in [-0.05, 0) is 20.8 Å². The first-order chi connectivity index (χ1) is 8.20. The monoisotopic (exact) mass is 234 g/mol. The van der Waals surface area contributed by atoms with Gasteiger partial charge in [-0.3, -0.25) is 0 Å². The van der Waals surface area contributed by atoms with Crippen LogP contribution in [0, 0.1) is 13.8 Å². The highest BCUT2D eigenvalue weighted by Gasteiger charge is 2.05. The van der Waals surface area contributed by atoms with Crippen molar-refractivity contribution in [2.24, 2.45) is 0 Å². The Balaban J connectivity index is 1.87. The van der Waals surface area contributed by atoms with Crippen molar-refractivity contribution in [3.8, 4) is 0 Å². The van der Waals surface area contributed by atoms with Crippen LogP contribution >= 0.6 is 0 Å². The van der Waals surface area contributed by atoms with Crippen molar-refractivity contribution in [1.29, 1.82) is 0 Å². The number of nitrogens with one attached hydrogen (secondary N) is 1. The Morgan fingerprint density at radius 1 is 1.35 bits per heavy atom. The lowest BCUT2D eigenvalue weighted by atomic mass is 10.4. The highest BCUT2D eigenvalue weighted by Crippen LogP contribution is 2.08. The van der Waals surface area contributed by atoms with E-state index in [1.165, 1.54) is 5.69 Å². The zero-order valence-electron chi connectivity index (χ0n) is 10.5. The van der Waals surface area contributed by atoms with Crippen LogP contribution in [0.4, 0.5) is 0 Å². The van der Waals surface area contributed by atoms with Gasteiger partial charge in [0.1, 0.15) is 5.76 Å². The third-order valence-electron chi connectivity index (χ3n) is 2.79. The zero-order valence-corrected chi connectivity index (χ0v) is 10.5. The van der Waals surface area contributed by atoms with Gasteiger partial charge >= 0.3 is 0 Å². The second-order valence-electron chi connectivity index (χ2n) is 4.02. The first-order valence-corrected chi connectivity index (χ1v) is 5.83. The highest BCUT2D eigenvalue weighted by atomic mass is 16.4. The summed E-state index contributed by atoms with van der Waals surface area (Å²) in [6.07, 6.45) is 3.72. The molecule has 0 aliphatic rings. The average molecular weight is 234 g/mol. The lowest BCUT2D eigenvalue weighted by Crippen LogP contribution is -2.15. The van der Waals surface area contributed by atoms with E-state index in [9.17, 15) is 0 Å². The van der Waals surface area contributed by atoms with Crippen LogP contribution in [-0.2, 0) is 19.6 Å². The maximum atomic E-state index is 5.49. The molecular formula is C12H18N4O. The number of hydrogen-bond donors (Lipinski definition) is 1. The molecule has 0 spiro atoms. The van der Waals surface area contributed by atoms with Crippen LogP contribution in [0.2, 0.25) is 0 Å². The van der Waals surface area contributed by atoms with E-state index in [1.807, 2.05) is 26.4 Å². The van der Waals surface area contributed by atoms with E-state index in [2.05, 4.69) is 26.8 Å². The summed E-state index contributed by atoms with van der Waals surface area (Å²) in [7, 11) is 0. The third kappa shape index (κ3) is 2.74. The van der Waals surface area contributed by atoms with Crippen LogP contribution in [-0.4, -0.2) is 14.5 Å². The van der Waals surface area contributed by atoms with Crippen molar-refractivity contribution < 1.29 is 4.42 Å². The van der Waals surface area contributed by atoms with Crippen molar-refractivity contribution >= 4 is 0 Å². The number of nitrogens with zero attached hydrogens (tertiary/aromatic N) is 3. The van der Waals surface area contributed by atoms with E-state index >= 15 is 0 Å². The van der Waals surface area contributed by atoms with Crippen molar-refractivity contribution in [3.63, 3.8) is 0 Å². The van der Waals surface area contributed by atoms with Crippen molar-refractivity contribution in [2.45, 2.75) is 40.4 Å². The van der Waals surface area contributed by atoms with Crippen molar-refractivity contribution in [3.05, 3.63) is 35.6 Å². The molecule has 0 bridgehead atoms. The van der Waals surface area contributed by atoms with Gasteiger partial charge in [0.05, 0.1) is 24.3 Å². The molecule has 17 heavy (non-hydrogen) atoms. The van der Waals surface area contributed by atoms with Crippen LogP contribution in [0.3, 0.4) is 0 Å². The van der Waals surface area contributed by atoms with Crippen LogP contribution in [0.25, 0.3) is 0 Å². The molecule has 92 valence electrons. The first-order valence-electron chi connectivity index (χ1n) is 5.83. The summed E-state index contributed by atoms with van der Waals surface area (Å²) in [5.41, 5.74) is 2.13. The molecule has 0 radical (unpaired) electrons. The van der Waals surface area contributed by atoms with Gasteiger partial charge in [-0.25, -0.2) is 9.97 Å². The van der Waals surface area contributed by atoms with Crippen LogP contribution in [0.15, 0.2) is 16.9 Å². The Morgan fingerprint density at radius 3 is 2.82 bits per heavy atom. The summed E-state index contributed by atoms with van der Waals surface area (Å²) in [5.74, 6) is 1.63. The van der Waals surface area contributed by atoms with Gasteiger partial charge < -0.3 is 14.3 Å². The molecule has 0 amide bonds. The molecule has 2 heterocycles. The Bertz CT molecular complexity index is 467. The normalized spacial score (nSPS) is 11.0. The van der Waals surface area contributed by atoms with Gasteiger partial charge in [0.2, 0.25) is 5.89 Å². The van der Waals surface area contributed by atoms with Crippen LogP contribution in [0.5, 0.6) is 0 Å². The van der Waals surface area contributed by atoms with Gasteiger partial charge in [-0.2, -0.15) is 0 Å². The topological polar surface area (TPSA) is 55.9 Å². The molecule has 0 unspecified atom stereocenters. The second kappa shape index (κ2) is 5.14. The Kier molecular flexibility index (Phi) is 3.58. The fourth-order valence-electron chi connectivity index (χ4n) is 1.69. The predicted octanol–water partition coefficient (Wildman–Crippen LogP) is 1.80. The van der Waals surface area contributed by atoms with E-state index in [1.54, 1.807) is 0 Å². The van der Waals surface area contributed by atoms with E-state index in [0.29, 0.717) is 6.54 Å². The molecular weight excluding hydrogens is 216 g/mol. The van der Waals surface area contributed by atoms with E-state index < -0.39 is 0 Å². The Labute approximate surface area is 101 Å². The summed E-state index contributed by atoms with van der Waals surface area (Å²) in [5, 5.41) is 3.30. The smallest absolute Gasteiger partial charge is 0.208 e. The van der Waals surface area contributed by atoms with Gasteiger partial charge in [-0.1, -0.05) is 0 Å². The summed E-state index contributed by atoms with van der Waals surface area (Å²) in [6.45, 7) is 8.34. The molecule has 0 fully saturated rings. The summed E-state index contributed by atoms with van der Waals surface area (Å²) in [6, 6.07) is 0. The van der Waals surface area contributed by atoms with E-state index in [-0.39, 0.29) is 0 Å². The molecule has 0 aliphatic carbocycles. The quantitative estimate of drug-likeness (QED) is 0.857. The summed E-state index contributed by atoms with van der Waals surface area (Å²) >= 11 is 0. The number of aromatic nitrogens is 3. The fraction of sp³-hybridized carbons (Fsp3) is 0.500. The van der Waals surface area contributed by atoms with E-state index in [4.69, 9.17) is 4.42 Å². The molecule has 2 rings (SSSR count).